The lowest BCUT2D eigenvalue weighted by molar-refractivity contribution is 0.0948. The Morgan fingerprint density at radius 3 is 2.86 bits per heavy atom. The van der Waals surface area contributed by atoms with Gasteiger partial charge >= 0.3 is 0 Å². The molecule has 6 nitrogen and oxygen atoms in total. The highest BCUT2D eigenvalue weighted by Crippen LogP contribution is 2.25. The summed E-state index contributed by atoms with van der Waals surface area (Å²) in [7, 11) is 0. The molecule has 0 unspecified atom stereocenters. The maximum atomic E-state index is 11.4. The van der Waals surface area contributed by atoms with Crippen molar-refractivity contribution in [1.82, 2.24) is 10.4 Å². The first-order valence-corrected chi connectivity index (χ1v) is 6.36. The molecular weight excluding hydrogens is 294 g/mol. The fourth-order valence-electron chi connectivity index (χ4n) is 1.62. The van der Waals surface area contributed by atoms with Crippen LogP contribution in [-0.4, -0.2) is 17.2 Å². The van der Waals surface area contributed by atoms with Crippen LogP contribution in [0.15, 0.2) is 36.4 Å². The molecule has 108 valence electrons. The number of aldehydes is 1. The van der Waals surface area contributed by atoms with Gasteiger partial charge in [-0.3, -0.25) is 15.0 Å². The number of rotatable bonds is 5. The molecule has 0 saturated carbocycles. The van der Waals surface area contributed by atoms with E-state index < -0.39 is 5.91 Å². The number of nitrogens with two attached hydrogens (primary N) is 1. The highest BCUT2D eigenvalue weighted by molar-refractivity contribution is 6.32. The molecule has 0 atom stereocenters. The van der Waals surface area contributed by atoms with E-state index in [0.29, 0.717) is 28.3 Å². The molecule has 0 aliphatic rings. The zero-order valence-corrected chi connectivity index (χ0v) is 11.6. The lowest BCUT2D eigenvalue weighted by Gasteiger charge is -2.08. The second-order valence-corrected chi connectivity index (χ2v) is 4.49. The van der Waals surface area contributed by atoms with E-state index in [9.17, 15) is 9.59 Å². The van der Waals surface area contributed by atoms with Gasteiger partial charge in [0.2, 0.25) is 0 Å². The quantitative estimate of drug-likeness (QED) is 0.380. The molecular formula is C14H12ClN3O3. The van der Waals surface area contributed by atoms with Crippen molar-refractivity contribution in [3.63, 3.8) is 0 Å². The van der Waals surface area contributed by atoms with Gasteiger partial charge in [0.15, 0.2) is 0 Å². The van der Waals surface area contributed by atoms with E-state index in [-0.39, 0.29) is 12.3 Å². The molecule has 7 heteroatoms. The van der Waals surface area contributed by atoms with Crippen LogP contribution in [0.5, 0.6) is 5.75 Å². The molecule has 2 rings (SSSR count). The van der Waals surface area contributed by atoms with Gasteiger partial charge in [0.05, 0.1) is 10.7 Å². The molecule has 2 aromatic rings. The standard InChI is InChI=1S/C14H12ClN3O3/c15-11-6-9(7-19)4-5-13(11)21-8-10-2-1-3-12(17-10)14(20)18-16/h1-7H,8,16H2,(H,18,20). The summed E-state index contributed by atoms with van der Waals surface area (Å²) in [5.41, 5.74) is 3.22. The first kappa shape index (κ1) is 15.0. The number of ether oxygens (including phenoxy) is 1. The third-order valence-corrected chi connectivity index (χ3v) is 2.93. The number of nitrogens with one attached hydrogen (secondary N) is 1. The first-order valence-electron chi connectivity index (χ1n) is 5.98. The number of nitrogens with zero attached hydrogens (tertiary/aromatic N) is 1. The lowest BCUT2D eigenvalue weighted by Crippen LogP contribution is -2.30. The molecule has 21 heavy (non-hydrogen) atoms. The molecule has 1 amide bonds. The average Bonchev–Trinajstić information content (AvgIpc) is 2.53. The predicted octanol–water partition coefficient (Wildman–Crippen LogP) is 1.73. The van der Waals surface area contributed by atoms with Gasteiger partial charge in [0, 0.05) is 5.56 Å². The second kappa shape index (κ2) is 6.83. The SMILES string of the molecule is NNC(=O)c1cccc(COc2ccc(C=O)cc2Cl)n1. The lowest BCUT2D eigenvalue weighted by atomic mass is 10.2. The molecule has 0 saturated heterocycles. The Kier molecular flexibility index (Phi) is 4.86. The van der Waals surface area contributed by atoms with Crippen molar-refractivity contribution in [3.05, 3.63) is 58.4 Å². The normalized spacial score (nSPS) is 10.0. The van der Waals surface area contributed by atoms with Crippen molar-refractivity contribution in [2.75, 3.05) is 0 Å². The van der Waals surface area contributed by atoms with E-state index in [1.807, 2.05) is 5.43 Å². The summed E-state index contributed by atoms with van der Waals surface area (Å²) in [5.74, 6) is 5.00. The molecule has 1 aromatic carbocycles. The summed E-state index contributed by atoms with van der Waals surface area (Å²) >= 11 is 5.99. The number of carbonyl (C=O) groups is 2. The van der Waals surface area contributed by atoms with Crippen LogP contribution in [0, 0.1) is 0 Å². The number of carbonyl (C=O) groups excluding carboxylic acids is 2. The minimum atomic E-state index is -0.481. The van der Waals surface area contributed by atoms with E-state index in [1.54, 1.807) is 24.3 Å². The number of aromatic nitrogens is 1. The maximum Gasteiger partial charge on any atom is 0.283 e. The maximum absolute atomic E-state index is 11.4. The summed E-state index contributed by atoms with van der Waals surface area (Å²) in [6, 6.07) is 9.63. The van der Waals surface area contributed by atoms with Crippen molar-refractivity contribution in [2.24, 2.45) is 5.84 Å². The summed E-state index contributed by atoms with van der Waals surface area (Å²) < 4.78 is 5.52. The van der Waals surface area contributed by atoms with E-state index >= 15 is 0 Å². The van der Waals surface area contributed by atoms with E-state index in [2.05, 4.69) is 4.98 Å². The second-order valence-electron chi connectivity index (χ2n) is 4.08. The molecule has 0 fully saturated rings. The van der Waals surface area contributed by atoms with Crippen LogP contribution in [0.25, 0.3) is 0 Å². The first-order chi connectivity index (χ1) is 10.1. The monoisotopic (exact) mass is 305 g/mol. The van der Waals surface area contributed by atoms with Crippen molar-refractivity contribution >= 4 is 23.8 Å². The van der Waals surface area contributed by atoms with Crippen LogP contribution in [-0.2, 0) is 6.61 Å². The number of amides is 1. The Morgan fingerprint density at radius 1 is 1.38 bits per heavy atom. The molecule has 1 heterocycles. The van der Waals surface area contributed by atoms with Crippen LogP contribution in [0.1, 0.15) is 26.5 Å². The number of hydrogen-bond acceptors (Lipinski definition) is 5. The van der Waals surface area contributed by atoms with Crippen LogP contribution in [0.2, 0.25) is 5.02 Å². The number of hydrazine groups is 1. The number of nitrogen functional groups attached to an aromatic ring is 1. The molecule has 0 spiro atoms. The Labute approximate surface area is 125 Å². The molecule has 0 radical (unpaired) electrons. The smallest absolute Gasteiger partial charge is 0.283 e. The largest absolute Gasteiger partial charge is 0.486 e. The zero-order valence-electron chi connectivity index (χ0n) is 10.9. The van der Waals surface area contributed by atoms with Crippen LogP contribution in [0.3, 0.4) is 0 Å². The van der Waals surface area contributed by atoms with Gasteiger partial charge in [-0.2, -0.15) is 0 Å². The summed E-state index contributed by atoms with van der Waals surface area (Å²) in [4.78, 5) is 26.1. The molecule has 0 aliphatic carbocycles. The Balaban J connectivity index is 2.09. The van der Waals surface area contributed by atoms with E-state index in [0.717, 1.165) is 0 Å². The van der Waals surface area contributed by atoms with Crippen LogP contribution in [0.4, 0.5) is 0 Å². The Morgan fingerprint density at radius 2 is 2.19 bits per heavy atom. The Bertz CT molecular complexity index is 676. The third-order valence-electron chi connectivity index (χ3n) is 2.64. The average molecular weight is 306 g/mol. The molecule has 3 N–H and O–H groups in total. The van der Waals surface area contributed by atoms with Crippen molar-refractivity contribution < 1.29 is 14.3 Å². The molecule has 0 aliphatic heterocycles. The van der Waals surface area contributed by atoms with E-state index in [4.69, 9.17) is 22.2 Å². The number of halogens is 1. The van der Waals surface area contributed by atoms with Gasteiger partial charge in [-0.15, -0.1) is 0 Å². The predicted molar refractivity (Wildman–Crippen MR) is 77.1 cm³/mol. The van der Waals surface area contributed by atoms with Gasteiger partial charge < -0.3 is 4.74 Å². The number of benzene rings is 1. The van der Waals surface area contributed by atoms with Crippen LogP contribution >= 0.6 is 11.6 Å². The van der Waals surface area contributed by atoms with Crippen LogP contribution < -0.4 is 16.0 Å². The Hall–Kier alpha value is -2.44. The summed E-state index contributed by atoms with van der Waals surface area (Å²) in [5, 5.41) is 0.329. The van der Waals surface area contributed by atoms with E-state index in [1.165, 1.54) is 12.1 Å². The van der Waals surface area contributed by atoms with Gasteiger partial charge in [-0.05, 0) is 30.3 Å². The van der Waals surface area contributed by atoms with Gasteiger partial charge in [-0.25, -0.2) is 10.8 Å². The summed E-state index contributed by atoms with van der Waals surface area (Å²) in [6.07, 6.45) is 0.701. The van der Waals surface area contributed by atoms with Crippen molar-refractivity contribution in [3.8, 4) is 5.75 Å². The summed E-state index contributed by atoms with van der Waals surface area (Å²) in [6.45, 7) is 0.131. The minimum Gasteiger partial charge on any atom is -0.486 e. The molecule has 1 aromatic heterocycles. The fourth-order valence-corrected chi connectivity index (χ4v) is 1.86. The van der Waals surface area contributed by atoms with Crippen molar-refractivity contribution in [2.45, 2.75) is 6.61 Å². The van der Waals surface area contributed by atoms with Crippen molar-refractivity contribution in [1.29, 1.82) is 0 Å². The zero-order chi connectivity index (χ0) is 15.2. The minimum absolute atomic E-state index is 0.131. The van der Waals surface area contributed by atoms with Gasteiger partial charge in [0.25, 0.3) is 5.91 Å². The number of hydrogen-bond donors (Lipinski definition) is 2. The van der Waals surface area contributed by atoms with Gasteiger partial charge in [0.1, 0.15) is 24.3 Å². The molecule has 0 bridgehead atoms. The topological polar surface area (TPSA) is 94.3 Å². The highest BCUT2D eigenvalue weighted by Gasteiger charge is 2.07. The fraction of sp³-hybridized carbons (Fsp3) is 0.0714. The van der Waals surface area contributed by atoms with Gasteiger partial charge in [-0.1, -0.05) is 17.7 Å². The highest BCUT2D eigenvalue weighted by atomic mass is 35.5. The number of pyridine rings is 1. The third kappa shape index (κ3) is 3.77.